The first-order chi connectivity index (χ1) is 13.3. The van der Waals surface area contributed by atoms with Crippen molar-refractivity contribution in [2.24, 2.45) is 0 Å². The van der Waals surface area contributed by atoms with E-state index < -0.39 is 12.1 Å². The van der Waals surface area contributed by atoms with E-state index in [4.69, 9.17) is 9.47 Å². The first-order valence-electron chi connectivity index (χ1n) is 9.60. The van der Waals surface area contributed by atoms with Crippen LogP contribution in [-0.4, -0.2) is 24.6 Å². The Balaban J connectivity index is 1.98. The zero-order valence-electron chi connectivity index (χ0n) is 17.2. The minimum absolute atomic E-state index is 0.260. The summed E-state index contributed by atoms with van der Waals surface area (Å²) < 4.78 is 10.7. The van der Waals surface area contributed by atoms with Crippen molar-refractivity contribution in [2.75, 3.05) is 11.9 Å². The lowest BCUT2D eigenvalue weighted by molar-refractivity contribution is -0.153. The van der Waals surface area contributed by atoms with Crippen LogP contribution >= 0.6 is 0 Å². The predicted octanol–water partition coefficient (Wildman–Crippen LogP) is 4.88. The fourth-order valence-corrected chi connectivity index (χ4v) is 2.88. The van der Waals surface area contributed by atoms with Gasteiger partial charge in [0.05, 0.1) is 0 Å². The third kappa shape index (κ3) is 5.84. The van der Waals surface area contributed by atoms with E-state index in [-0.39, 0.29) is 24.3 Å². The molecular weight excluding hydrogens is 354 g/mol. The van der Waals surface area contributed by atoms with Gasteiger partial charge in [0.15, 0.2) is 12.7 Å². The number of carbonyl (C=O) groups is 2. The fourth-order valence-electron chi connectivity index (χ4n) is 2.88. The van der Waals surface area contributed by atoms with Crippen molar-refractivity contribution in [1.82, 2.24) is 0 Å². The van der Waals surface area contributed by atoms with Crippen molar-refractivity contribution >= 4 is 17.6 Å². The summed E-state index contributed by atoms with van der Waals surface area (Å²) in [5, 5.41) is 2.93. The molecule has 1 amide bonds. The van der Waals surface area contributed by atoms with Crippen molar-refractivity contribution in [1.29, 1.82) is 0 Å². The number of esters is 1. The van der Waals surface area contributed by atoms with Gasteiger partial charge in [-0.15, -0.1) is 0 Å². The molecule has 2 aromatic rings. The molecule has 1 atom stereocenters. The van der Waals surface area contributed by atoms with Gasteiger partial charge in [0.2, 0.25) is 0 Å². The second kappa shape index (κ2) is 9.93. The average molecular weight is 383 g/mol. The molecule has 0 aliphatic carbocycles. The number of ether oxygens (including phenoxy) is 2. The van der Waals surface area contributed by atoms with Gasteiger partial charge < -0.3 is 14.8 Å². The topological polar surface area (TPSA) is 64.6 Å². The highest BCUT2D eigenvalue weighted by molar-refractivity contribution is 5.94. The molecule has 2 rings (SSSR count). The molecule has 0 spiro atoms. The van der Waals surface area contributed by atoms with Gasteiger partial charge in [0.25, 0.3) is 5.91 Å². The maximum absolute atomic E-state index is 12.4. The van der Waals surface area contributed by atoms with Gasteiger partial charge in [-0.2, -0.15) is 0 Å². The number of anilines is 1. The molecular formula is C23H29NO4. The molecule has 0 radical (unpaired) electrons. The fraction of sp³-hybridized carbons (Fsp3) is 0.391. The third-order valence-corrected chi connectivity index (χ3v) is 4.37. The Labute approximate surface area is 167 Å². The van der Waals surface area contributed by atoms with Crippen molar-refractivity contribution in [2.45, 2.75) is 52.6 Å². The van der Waals surface area contributed by atoms with Crippen molar-refractivity contribution in [3.8, 4) is 5.75 Å². The van der Waals surface area contributed by atoms with Crippen molar-refractivity contribution < 1.29 is 19.1 Å². The monoisotopic (exact) mass is 383 g/mol. The van der Waals surface area contributed by atoms with Gasteiger partial charge in [-0.1, -0.05) is 64.1 Å². The first-order valence-corrected chi connectivity index (χ1v) is 9.60. The molecule has 150 valence electrons. The van der Waals surface area contributed by atoms with Crippen LogP contribution in [0.25, 0.3) is 0 Å². The Hall–Kier alpha value is -2.82. The van der Waals surface area contributed by atoms with E-state index in [0.717, 1.165) is 16.8 Å². The van der Waals surface area contributed by atoms with Crippen molar-refractivity contribution in [3.05, 3.63) is 59.7 Å². The summed E-state index contributed by atoms with van der Waals surface area (Å²) in [6.07, 6.45) is -0.802. The summed E-state index contributed by atoms with van der Waals surface area (Å²) >= 11 is 0. The minimum atomic E-state index is -0.802. The minimum Gasteiger partial charge on any atom is -0.479 e. The predicted molar refractivity (Wildman–Crippen MR) is 111 cm³/mol. The maximum atomic E-state index is 12.4. The van der Waals surface area contributed by atoms with E-state index in [1.807, 2.05) is 36.4 Å². The Morgan fingerprint density at radius 2 is 1.43 bits per heavy atom. The lowest BCUT2D eigenvalue weighted by Crippen LogP contribution is -2.30. The molecule has 0 aliphatic heterocycles. The van der Waals surface area contributed by atoms with Crippen molar-refractivity contribution in [3.63, 3.8) is 0 Å². The summed E-state index contributed by atoms with van der Waals surface area (Å²) in [6.45, 7) is 9.56. The Kier molecular flexibility index (Phi) is 7.61. The summed E-state index contributed by atoms with van der Waals surface area (Å²) in [5.41, 5.74) is 2.93. The van der Waals surface area contributed by atoms with E-state index in [2.05, 4.69) is 33.0 Å². The van der Waals surface area contributed by atoms with E-state index in [1.165, 1.54) is 0 Å². The molecule has 0 aliphatic rings. The molecule has 0 fully saturated rings. The summed E-state index contributed by atoms with van der Waals surface area (Å²) in [5.74, 6) is 0.144. The van der Waals surface area contributed by atoms with Gasteiger partial charge in [0, 0.05) is 5.69 Å². The van der Waals surface area contributed by atoms with Gasteiger partial charge in [-0.25, -0.2) is 4.79 Å². The zero-order chi connectivity index (χ0) is 20.7. The van der Waals surface area contributed by atoms with E-state index in [1.54, 1.807) is 19.1 Å². The Morgan fingerprint density at radius 1 is 0.857 bits per heavy atom. The highest BCUT2D eigenvalue weighted by Gasteiger charge is 2.20. The van der Waals surface area contributed by atoms with Crippen LogP contribution in [0.4, 0.5) is 5.69 Å². The maximum Gasteiger partial charge on any atom is 0.347 e. The van der Waals surface area contributed by atoms with E-state index in [9.17, 15) is 9.59 Å². The van der Waals surface area contributed by atoms with Crippen LogP contribution in [-0.2, 0) is 14.3 Å². The van der Waals surface area contributed by atoms with Gasteiger partial charge in [0.1, 0.15) is 5.75 Å². The van der Waals surface area contributed by atoms with Crippen LogP contribution in [0.5, 0.6) is 5.75 Å². The lowest BCUT2D eigenvalue weighted by atomic mass is 9.92. The number of hydrogen-bond acceptors (Lipinski definition) is 4. The summed E-state index contributed by atoms with van der Waals surface area (Å²) in [6, 6.07) is 15.0. The van der Waals surface area contributed by atoms with E-state index in [0.29, 0.717) is 5.75 Å². The summed E-state index contributed by atoms with van der Waals surface area (Å²) in [7, 11) is 0. The molecule has 5 heteroatoms. The number of para-hydroxylation sites is 2. The van der Waals surface area contributed by atoms with Crippen LogP contribution in [0.3, 0.4) is 0 Å². The van der Waals surface area contributed by atoms with Gasteiger partial charge in [-0.05, 0) is 42.0 Å². The molecule has 0 unspecified atom stereocenters. The second-order valence-corrected chi connectivity index (χ2v) is 7.35. The zero-order valence-corrected chi connectivity index (χ0v) is 17.2. The smallest absolute Gasteiger partial charge is 0.347 e. The van der Waals surface area contributed by atoms with Crippen LogP contribution in [0.2, 0.25) is 0 Å². The Morgan fingerprint density at radius 3 is 1.96 bits per heavy atom. The third-order valence-electron chi connectivity index (χ3n) is 4.37. The number of nitrogens with one attached hydrogen (secondary N) is 1. The number of benzene rings is 2. The Bertz CT molecular complexity index is 773. The van der Waals surface area contributed by atoms with Crippen LogP contribution in [0, 0.1) is 0 Å². The SMILES string of the molecule is CC(C)c1cccc(C(C)C)c1NC(=O)COC(=O)[C@H](C)Oc1ccccc1. The number of carbonyl (C=O) groups excluding carboxylic acids is 2. The molecule has 0 heterocycles. The molecule has 28 heavy (non-hydrogen) atoms. The molecule has 5 nitrogen and oxygen atoms in total. The number of amides is 1. The van der Waals surface area contributed by atoms with Crippen LogP contribution in [0.1, 0.15) is 57.6 Å². The highest BCUT2D eigenvalue weighted by atomic mass is 16.6. The average Bonchev–Trinajstić information content (AvgIpc) is 2.66. The van der Waals surface area contributed by atoms with Gasteiger partial charge >= 0.3 is 5.97 Å². The molecule has 0 saturated carbocycles. The lowest BCUT2D eigenvalue weighted by Gasteiger charge is -2.20. The molecule has 0 bridgehead atoms. The van der Waals surface area contributed by atoms with E-state index >= 15 is 0 Å². The second-order valence-electron chi connectivity index (χ2n) is 7.35. The molecule has 2 aromatic carbocycles. The largest absolute Gasteiger partial charge is 0.479 e. The highest BCUT2D eigenvalue weighted by Crippen LogP contribution is 2.32. The standard InChI is InChI=1S/C23H29NO4/c1-15(2)19-12-9-13-20(16(3)4)22(19)24-21(25)14-27-23(26)17(5)28-18-10-7-6-8-11-18/h6-13,15-17H,14H2,1-5H3,(H,24,25)/t17-/m0/s1. The normalized spacial score (nSPS) is 12.0. The van der Waals surface area contributed by atoms with Gasteiger partial charge in [-0.3, -0.25) is 4.79 Å². The molecule has 1 N–H and O–H groups in total. The molecule has 0 aromatic heterocycles. The quantitative estimate of drug-likeness (QED) is 0.660. The first kappa shape index (κ1) is 21.5. The molecule has 0 saturated heterocycles. The van der Waals surface area contributed by atoms with Crippen LogP contribution in [0.15, 0.2) is 48.5 Å². The number of rotatable bonds is 8. The summed E-state index contributed by atoms with van der Waals surface area (Å²) in [4.78, 5) is 24.5. The number of hydrogen-bond donors (Lipinski definition) is 1. The van der Waals surface area contributed by atoms with Crippen LogP contribution < -0.4 is 10.1 Å².